The third kappa shape index (κ3) is 3.00. The first-order valence-corrected chi connectivity index (χ1v) is 10.2. The number of hydrogen-bond donors (Lipinski definition) is 1. The SMILES string of the molecule is COc1ccc(F)c2c1CC(C(=O)O)N2C(=O)OCC1c2ccccc2-c2ccccc21. The Balaban J connectivity index is 1.46. The van der Waals surface area contributed by atoms with E-state index in [9.17, 15) is 19.1 Å². The molecular formula is C25H20FNO5. The molecule has 0 radical (unpaired) electrons. The number of carboxylic acids is 1. The van der Waals surface area contributed by atoms with E-state index in [-0.39, 0.29) is 24.6 Å². The Labute approximate surface area is 183 Å². The van der Waals surface area contributed by atoms with Crippen LogP contribution in [0.5, 0.6) is 5.75 Å². The Bertz CT molecular complexity index is 1200. The molecule has 5 rings (SSSR count). The van der Waals surface area contributed by atoms with Gasteiger partial charge in [-0.15, -0.1) is 0 Å². The summed E-state index contributed by atoms with van der Waals surface area (Å²) in [6.45, 7) is 0.0105. The van der Waals surface area contributed by atoms with Crippen molar-refractivity contribution in [3.63, 3.8) is 0 Å². The monoisotopic (exact) mass is 433 g/mol. The number of aliphatic carboxylic acids is 1. The first kappa shape index (κ1) is 20.1. The number of carboxylic acid groups (broad SMARTS) is 1. The molecular weight excluding hydrogens is 413 g/mol. The van der Waals surface area contributed by atoms with Crippen molar-refractivity contribution < 1.29 is 28.6 Å². The van der Waals surface area contributed by atoms with Gasteiger partial charge in [-0.25, -0.2) is 14.0 Å². The molecule has 7 heteroatoms. The lowest BCUT2D eigenvalue weighted by atomic mass is 9.98. The van der Waals surface area contributed by atoms with Crippen molar-refractivity contribution in [3.05, 3.63) is 83.2 Å². The molecule has 0 spiro atoms. The van der Waals surface area contributed by atoms with Gasteiger partial charge in [-0.3, -0.25) is 4.90 Å². The first-order valence-electron chi connectivity index (χ1n) is 10.2. The minimum absolute atomic E-state index is 0.0105. The summed E-state index contributed by atoms with van der Waals surface area (Å²) in [5.74, 6) is -1.79. The summed E-state index contributed by atoms with van der Waals surface area (Å²) >= 11 is 0. The fraction of sp³-hybridized carbons (Fsp3) is 0.200. The molecule has 1 atom stereocenters. The maximum absolute atomic E-state index is 14.7. The van der Waals surface area contributed by atoms with E-state index in [0.717, 1.165) is 33.2 Å². The Morgan fingerprint density at radius 2 is 1.66 bits per heavy atom. The van der Waals surface area contributed by atoms with Crippen LogP contribution in [0.4, 0.5) is 14.9 Å². The van der Waals surface area contributed by atoms with Crippen LogP contribution in [0.25, 0.3) is 11.1 Å². The third-order valence-corrected chi connectivity index (χ3v) is 6.18. The summed E-state index contributed by atoms with van der Waals surface area (Å²) in [6, 6.07) is 17.1. The van der Waals surface area contributed by atoms with Crippen molar-refractivity contribution in [2.75, 3.05) is 18.6 Å². The predicted molar refractivity (Wildman–Crippen MR) is 116 cm³/mol. The van der Waals surface area contributed by atoms with Crippen LogP contribution in [-0.4, -0.2) is 36.9 Å². The first-order chi connectivity index (χ1) is 15.5. The molecule has 2 aliphatic rings. The highest BCUT2D eigenvalue weighted by atomic mass is 19.1. The smallest absolute Gasteiger partial charge is 0.415 e. The Hall–Kier alpha value is -3.87. The number of benzene rings is 3. The van der Waals surface area contributed by atoms with Crippen LogP contribution in [0, 0.1) is 5.82 Å². The van der Waals surface area contributed by atoms with Crippen LogP contribution in [-0.2, 0) is 16.0 Å². The molecule has 3 aromatic rings. The van der Waals surface area contributed by atoms with Gasteiger partial charge < -0.3 is 14.6 Å². The number of ether oxygens (including phenoxy) is 2. The van der Waals surface area contributed by atoms with Gasteiger partial charge in [-0.05, 0) is 34.4 Å². The summed E-state index contributed by atoms with van der Waals surface area (Å²) in [7, 11) is 1.42. The highest BCUT2D eigenvalue weighted by molar-refractivity contribution is 5.99. The number of nitrogens with zero attached hydrogens (tertiary/aromatic N) is 1. The predicted octanol–water partition coefficient (Wildman–Crippen LogP) is 4.60. The molecule has 0 saturated carbocycles. The average molecular weight is 433 g/mol. The molecule has 1 heterocycles. The second kappa shape index (κ2) is 7.67. The zero-order valence-electron chi connectivity index (χ0n) is 17.2. The van der Waals surface area contributed by atoms with Crippen LogP contribution >= 0.6 is 0 Å². The normalized spacial score (nSPS) is 16.3. The quantitative estimate of drug-likeness (QED) is 0.651. The molecule has 0 bridgehead atoms. The number of carbonyl (C=O) groups is 2. The summed E-state index contributed by atoms with van der Waals surface area (Å²) < 4.78 is 25.5. The lowest BCUT2D eigenvalue weighted by molar-refractivity contribution is -0.138. The molecule has 0 saturated heterocycles. The minimum Gasteiger partial charge on any atom is -0.496 e. The van der Waals surface area contributed by atoms with Crippen LogP contribution < -0.4 is 9.64 Å². The minimum atomic E-state index is -1.27. The van der Waals surface area contributed by atoms with Crippen molar-refractivity contribution in [2.24, 2.45) is 0 Å². The number of hydrogen-bond acceptors (Lipinski definition) is 4. The number of rotatable bonds is 4. The maximum Gasteiger partial charge on any atom is 0.415 e. The van der Waals surface area contributed by atoms with E-state index in [1.165, 1.54) is 13.2 Å². The molecule has 0 fully saturated rings. The average Bonchev–Trinajstić information content (AvgIpc) is 3.36. The van der Waals surface area contributed by atoms with Crippen molar-refractivity contribution in [1.29, 1.82) is 0 Å². The standard InChI is InChI=1S/C25H20FNO5/c1-31-22-11-10-20(26)23-18(22)12-21(24(28)29)27(23)25(30)32-13-19-16-8-4-2-6-14(16)15-7-3-5-9-17(15)19/h2-11,19,21H,12-13H2,1H3,(H,28,29). The van der Waals surface area contributed by atoms with Crippen LogP contribution in [0.1, 0.15) is 22.6 Å². The van der Waals surface area contributed by atoms with E-state index < -0.39 is 23.9 Å². The highest BCUT2D eigenvalue weighted by Crippen LogP contribution is 2.45. The Morgan fingerprint density at radius 1 is 1.03 bits per heavy atom. The highest BCUT2D eigenvalue weighted by Gasteiger charge is 2.43. The Kier molecular flexibility index (Phi) is 4.81. The fourth-order valence-corrected chi connectivity index (χ4v) is 4.76. The van der Waals surface area contributed by atoms with Gasteiger partial charge in [0.2, 0.25) is 0 Å². The van der Waals surface area contributed by atoms with Gasteiger partial charge in [-0.1, -0.05) is 48.5 Å². The number of halogens is 1. The number of carbonyl (C=O) groups excluding carboxylic acids is 1. The summed E-state index contributed by atoms with van der Waals surface area (Å²) in [5.41, 5.74) is 4.46. The van der Waals surface area contributed by atoms with E-state index in [2.05, 4.69) is 0 Å². The largest absolute Gasteiger partial charge is 0.496 e. The number of fused-ring (bicyclic) bond motifs is 4. The third-order valence-electron chi connectivity index (χ3n) is 6.18. The van der Waals surface area contributed by atoms with Crippen molar-refractivity contribution >= 4 is 17.7 Å². The Morgan fingerprint density at radius 3 is 2.25 bits per heavy atom. The maximum atomic E-state index is 14.7. The molecule has 1 aliphatic heterocycles. The zero-order chi connectivity index (χ0) is 22.4. The van der Waals surface area contributed by atoms with E-state index in [1.807, 2.05) is 48.5 Å². The number of methoxy groups -OCH3 is 1. The van der Waals surface area contributed by atoms with Gasteiger partial charge in [-0.2, -0.15) is 0 Å². The fourth-order valence-electron chi connectivity index (χ4n) is 4.76. The van der Waals surface area contributed by atoms with Crippen LogP contribution in [0.15, 0.2) is 60.7 Å². The van der Waals surface area contributed by atoms with Crippen molar-refractivity contribution in [2.45, 2.75) is 18.4 Å². The van der Waals surface area contributed by atoms with Gasteiger partial charge in [0.05, 0.1) is 12.8 Å². The van der Waals surface area contributed by atoms with Gasteiger partial charge in [0.15, 0.2) is 0 Å². The molecule has 1 aliphatic carbocycles. The second-order valence-electron chi connectivity index (χ2n) is 7.81. The summed E-state index contributed by atoms with van der Waals surface area (Å²) in [4.78, 5) is 25.9. The van der Waals surface area contributed by atoms with E-state index in [0.29, 0.717) is 11.3 Å². The number of amides is 1. The molecule has 1 unspecified atom stereocenters. The van der Waals surface area contributed by atoms with Crippen LogP contribution in [0.3, 0.4) is 0 Å². The van der Waals surface area contributed by atoms with Crippen LogP contribution in [0.2, 0.25) is 0 Å². The van der Waals surface area contributed by atoms with Crippen molar-refractivity contribution in [1.82, 2.24) is 0 Å². The molecule has 0 aromatic heterocycles. The van der Waals surface area contributed by atoms with Gasteiger partial charge in [0.25, 0.3) is 0 Å². The van der Waals surface area contributed by atoms with Crippen molar-refractivity contribution in [3.8, 4) is 16.9 Å². The molecule has 1 N–H and O–H groups in total. The molecule has 1 amide bonds. The second-order valence-corrected chi connectivity index (χ2v) is 7.81. The van der Waals surface area contributed by atoms with E-state index in [1.54, 1.807) is 0 Å². The molecule has 162 valence electrons. The number of anilines is 1. The van der Waals surface area contributed by atoms with Gasteiger partial charge >= 0.3 is 12.1 Å². The summed E-state index contributed by atoms with van der Waals surface area (Å²) in [6.07, 6.45) is -0.958. The van der Waals surface area contributed by atoms with Gasteiger partial charge in [0, 0.05) is 17.9 Å². The summed E-state index contributed by atoms with van der Waals surface area (Å²) in [5, 5.41) is 9.69. The van der Waals surface area contributed by atoms with Gasteiger partial charge in [0.1, 0.15) is 24.2 Å². The lowest BCUT2D eigenvalue weighted by Gasteiger charge is -2.23. The molecule has 6 nitrogen and oxygen atoms in total. The lowest BCUT2D eigenvalue weighted by Crippen LogP contribution is -2.43. The van der Waals surface area contributed by atoms with E-state index in [4.69, 9.17) is 9.47 Å². The topological polar surface area (TPSA) is 76.1 Å². The zero-order valence-corrected chi connectivity index (χ0v) is 17.2. The molecule has 3 aromatic carbocycles. The van der Waals surface area contributed by atoms with E-state index >= 15 is 0 Å². The molecule has 32 heavy (non-hydrogen) atoms.